The van der Waals surface area contributed by atoms with Crippen molar-refractivity contribution < 1.29 is 19.1 Å². The molecule has 0 spiro atoms. The van der Waals surface area contributed by atoms with Gasteiger partial charge in [-0.25, -0.2) is 0 Å². The minimum Gasteiger partial charge on any atom is -0.496 e. The highest BCUT2D eigenvalue weighted by molar-refractivity contribution is 6.35. The molecule has 0 aliphatic heterocycles. The summed E-state index contributed by atoms with van der Waals surface area (Å²) in [5.41, 5.74) is 3.05. The van der Waals surface area contributed by atoms with E-state index < -0.39 is 11.8 Å². The van der Waals surface area contributed by atoms with E-state index >= 15 is 0 Å². The highest BCUT2D eigenvalue weighted by Gasteiger charge is 2.17. The lowest BCUT2D eigenvalue weighted by Gasteiger charge is -2.14. The van der Waals surface area contributed by atoms with Gasteiger partial charge in [0.1, 0.15) is 23.2 Å². The maximum absolute atomic E-state index is 12.9. The monoisotopic (exact) mass is 550 g/mol. The molecule has 3 aromatic rings. The van der Waals surface area contributed by atoms with Crippen molar-refractivity contribution in [1.82, 2.24) is 10.6 Å². The van der Waals surface area contributed by atoms with Gasteiger partial charge >= 0.3 is 0 Å². The number of aliphatic imine (C=N–C) groups is 2. The average molecular weight is 551 g/mol. The summed E-state index contributed by atoms with van der Waals surface area (Å²) >= 11 is 6.41. The minimum atomic E-state index is -0.432. The van der Waals surface area contributed by atoms with Crippen LogP contribution in [0.15, 0.2) is 64.6 Å². The molecule has 0 radical (unpaired) electrons. The number of amidine groups is 2. The fourth-order valence-electron chi connectivity index (χ4n) is 3.91. The molecule has 11 heteroatoms. The van der Waals surface area contributed by atoms with Crippen LogP contribution in [0, 0.1) is 0 Å². The van der Waals surface area contributed by atoms with Crippen LogP contribution in [0.25, 0.3) is 0 Å². The molecule has 204 valence electrons. The Kier molecular flexibility index (Phi) is 9.88. The van der Waals surface area contributed by atoms with Crippen molar-refractivity contribution in [2.75, 3.05) is 53.0 Å². The third-order valence-corrected chi connectivity index (χ3v) is 6.14. The first-order chi connectivity index (χ1) is 18.8. The second-order valence-electron chi connectivity index (χ2n) is 8.08. The third kappa shape index (κ3) is 6.66. The van der Waals surface area contributed by atoms with Crippen LogP contribution in [0.4, 0.5) is 11.4 Å². The number of carbonyl (C=O) groups is 2. The number of anilines is 2. The van der Waals surface area contributed by atoms with Crippen LogP contribution in [0.3, 0.4) is 0 Å². The molecule has 2 amide bonds. The van der Waals surface area contributed by atoms with E-state index in [0.717, 1.165) is 11.1 Å². The van der Waals surface area contributed by atoms with E-state index in [4.69, 9.17) is 21.1 Å². The topological polar surface area (TPSA) is 125 Å². The molecule has 39 heavy (non-hydrogen) atoms. The Labute approximate surface area is 232 Å². The Hall–Kier alpha value is -4.57. The van der Waals surface area contributed by atoms with Gasteiger partial charge < -0.3 is 30.7 Å². The fraction of sp³-hybridized carbons (Fsp3) is 0.214. The molecule has 0 fully saturated rings. The summed E-state index contributed by atoms with van der Waals surface area (Å²) < 4.78 is 10.9. The second kappa shape index (κ2) is 13.3. The molecule has 3 aromatic carbocycles. The number of halogens is 1. The van der Waals surface area contributed by atoms with E-state index in [9.17, 15) is 9.59 Å². The molecule has 3 rings (SSSR count). The molecule has 0 bridgehead atoms. The summed E-state index contributed by atoms with van der Waals surface area (Å²) in [6.45, 7) is 0. The Morgan fingerprint density at radius 3 is 1.56 bits per heavy atom. The number of methoxy groups -OCH3 is 2. The van der Waals surface area contributed by atoms with Gasteiger partial charge in [-0.1, -0.05) is 11.6 Å². The molecule has 0 saturated heterocycles. The van der Waals surface area contributed by atoms with Gasteiger partial charge in [0.15, 0.2) is 0 Å². The van der Waals surface area contributed by atoms with Crippen molar-refractivity contribution in [1.29, 1.82) is 0 Å². The van der Waals surface area contributed by atoms with Crippen molar-refractivity contribution in [3.05, 3.63) is 81.9 Å². The van der Waals surface area contributed by atoms with Gasteiger partial charge in [0, 0.05) is 57.3 Å². The number of carbonyl (C=O) groups excluding carboxylic acids is 2. The maximum atomic E-state index is 12.9. The van der Waals surface area contributed by atoms with E-state index in [2.05, 4.69) is 31.3 Å². The minimum absolute atomic E-state index is 0.130. The van der Waals surface area contributed by atoms with E-state index in [1.165, 1.54) is 25.3 Å². The van der Waals surface area contributed by atoms with E-state index in [-0.39, 0.29) is 16.1 Å². The van der Waals surface area contributed by atoms with E-state index in [1.54, 1.807) is 71.7 Å². The van der Waals surface area contributed by atoms with Gasteiger partial charge in [-0.05, 0) is 42.5 Å². The summed E-state index contributed by atoms with van der Waals surface area (Å²) in [5, 5.41) is 11.8. The maximum Gasteiger partial charge on any atom is 0.257 e. The lowest BCUT2D eigenvalue weighted by molar-refractivity contribution is 0.101. The highest BCUT2D eigenvalue weighted by Crippen LogP contribution is 2.27. The van der Waals surface area contributed by atoms with Crippen molar-refractivity contribution >= 4 is 46.5 Å². The molecule has 0 unspecified atom stereocenters. The van der Waals surface area contributed by atoms with Crippen LogP contribution in [-0.4, -0.2) is 65.9 Å². The van der Waals surface area contributed by atoms with Gasteiger partial charge in [0.2, 0.25) is 0 Å². The van der Waals surface area contributed by atoms with Gasteiger partial charge in [0.25, 0.3) is 11.8 Å². The first-order valence-corrected chi connectivity index (χ1v) is 12.3. The number of amides is 2. The SMILES string of the molecule is CN=C(NC)c1ccc(NC(=O)c2ccc(C(=O)Nc3ccc(C(=NC)NC)c(OC)c3)c(Cl)c2)cc1OC. The number of hydrogen-bond acceptors (Lipinski definition) is 6. The Morgan fingerprint density at radius 1 is 0.692 bits per heavy atom. The molecule has 4 N–H and O–H groups in total. The zero-order valence-electron chi connectivity index (χ0n) is 22.6. The largest absolute Gasteiger partial charge is 0.496 e. The molecular weight excluding hydrogens is 520 g/mol. The van der Waals surface area contributed by atoms with Crippen molar-refractivity contribution in [2.24, 2.45) is 9.98 Å². The molecule has 0 saturated carbocycles. The van der Waals surface area contributed by atoms with Crippen LogP contribution < -0.4 is 30.7 Å². The first kappa shape index (κ1) is 29.0. The Bertz CT molecular complexity index is 1440. The van der Waals surface area contributed by atoms with Gasteiger partial charge in [-0.2, -0.15) is 0 Å². The quantitative estimate of drug-likeness (QED) is 0.248. The number of rotatable bonds is 8. The van der Waals surface area contributed by atoms with Crippen molar-refractivity contribution in [3.8, 4) is 11.5 Å². The zero-order valence-corrected chi connectivity index (χ0v) is 23.4. The van der Waals surface area contributed by atoms with Crippen LogP contribution in [0.5, 0.6) is 11.5 Å². The van der Waals surface area contributed by atoms with Crippen LogP contribution in [0.1, 0.15) is 31.8 Å². The number of hydrogen-bond donors (Lipinski definition) is 4. The highest BCUT2D eigenvalue weighted by atomic mass is 35.5. The van der Waals surface area contributed by atoms with Crippen LogP contribution in [-0.2, 0) is 0 Å². The number of benzene rings is 3. The average Bonchev–Trinajstić information content (AvgIpc) is 2.95. The predicted molar refractivity (Wildman–Crippen MR) is 156 cm³/mol. The molecule has 0 atom stereocenters. The second-order valence-corrected chi connectivity index (χ2v) is 8.48. The normalized spacial score (nSPS) is 11.5. The summed E-state index contributed by atoms with van der Waals surface area (Å²) in [4.78, 5) is 34.2. The van der Waals surface area contributed by atoms with Crippen molar-refractivity contribution in [3.63, 3.8) is 0 Å². The molecule has 0 aliphatic carbocycles. The number of ether oxygens (including phenoxy) is 2. The molecule has 10 nitrogen and oxygen atoms in total. The summed E-state index contributed by atoms with van der Waals surface area (Å²) in [5.74, 6) is 1.55. The smallest absolute Gasteiger partial charge is 0.257 e. The standard InChI is InChI=1S/C28H31ClN6O4/c1-30-25(31-2)20-11-8-17(14-23(20)38-5)34-27(36)16-7-10-19(22(29)13-16)28(37)35-18-9-12-21(24(15-18)39-6)26(32-3)33-4/h7-15H,1-6H3,(H,30,31)(H,32,33)(H,34,36)(H,35,37). The summed E-state index contributed by atoms with van der Waals surface area (Å²) in [6, 6.07) is 14.9. The number of nitrogens with zero attached hydrogens (tertiary/aromatic N) is 2. The lowest BCUT2D eigenvalue weighted by Crippen LogP contribution is -2.20. The third-order valence-electron chi connectivity index (χ3n) is 5.83. The van der Waals surface area contributed by atoms with Gasteiger partial charge in [0.05, 0.1) is 35.9 Å². The first-order valence-electron chi connectivity index (χ1n) is 11.9. The molecule has 0 aromatic heterocycles. The van der Waals surface area contributed by atoms with Crippen molar-refractivity contribution in [2.45, 2.75) is 0 Å². The van der Waals surface area contributed by atoms with E-state index in [0.29, 0.717) is 34.5 Å². The summed E-state index contributed by atoms with van der Waals surface area (Å²) in [7, 11) is 9.95. The molecule has 0 aliphatic rings. The molecular formula is C28H31ClN6O4. The van der Waals surface area contributed by atoms with Gasteiger partial charge in [-0.3, -0.25) is 19.6 Å². The van der Waals surface area contributed by atoms with Crippen LogP contribution >= 0.6 is 11.6 Å². The Morgan fingerprint density at radius 2 is 1.15 bits per heavy atom. The lowest BCUT2D eigenvalue weighted by atomic mass is 10.1. The fourth-order valence-corrected chi connectivity index (χ4v) is 4.17. The van der Waals surface area contributed by atoms with E-state index in [1.807, 2.05) is 0 Å². The van der Waals surface area contributed by atoms with Gasteiger partial charge in [-0.15, -0.1) is 0 Å². The number of nitrogens with one attached hydrogen (secondary N) is 4. The zero-order chi connectivity index (χ0) is 28.5. The summed E-state index contributed by atoms with van der Waals surface area (Å²) in [6.07, 6.45) is 0. The van der Waals surface area contributed by atoms with Crippen LogP contribution in [0.2, 0.25) is 5.02 Å². The predicted octanol–water partition coefficient (Wildman–Crippen LogP) is 4.05. The Balaban J connectivity index is 1.76. The molecule has 0 heterocycles.